The molecule has 2 aliphatic carbocycles. The molecule has 0 fully saturated rings. The van der Waals surface area contributed by atoms with Gasteiger partial charge in [-0.25, -0.2) is 4.39 Å². The first kappa shape index (κ1) is 27.0. The predicted octanol–water partition coefficient (Wildman–Crippen LogP) is 8.12. The summed E-state index contributed by atoms with van der Waals surface area (Å²) in [5.74, 6) is 0.899. The molecule has 39 heavy (non-hydrogen) atoms. The zero-order valence-electron chi connectivity index (χ0n) is 23.5. The van der Waals surface area contributed by atoms with E-state index in [1.807, 2.05) is 25.1 Å². The maximum Gasteiger partial charge on any atom is 0.308 e. The van der Waals surface area contributed by atoms with Gasteiger partial charge in [-0.05, 0) is 107 Å². The van der Waals surface area contributed by atoms with Crippen LogP contribution in [-0.2, 0) is 22.6 Å². The van der Waals surface area contributed by atoms with Gasteiger partial charge in [0, 0.05) is 5.56 Å². The third-order valence-corrected chi connectivity index (χ3v) is 8.51. The molecule has 0 unspecified atom stereocenters. The highest BCUT2D eigenvalue weighted by Crippen LogP contribution is 2.47. The Kier molecular flexibility index (Phi) is 7.53. The van der Waals surface area contributed by atoms with Crippen LogP contribution in [0.3, 0.4) is 0 Å². The Bertz CT molecular complexity index is 1420. The van der Waals surface area contributed by atoms with Gasteiger partial charge in [-0.1, -0.05) is 45.0 Å². The van der Waals surface area contributed by atoms with Crippen molar-refractivity contribution in [2.45, 2.75) is 59.0 Å². The highest BCUT2D eigenvalue weighted by Gasteiger charge is 2.33. The first-order chi connectivity index (χ1) is 18.7. The normalized spacial score (nSPS) is 18.3. The molecule has 5 heteroatoms. The number of fused-ring (bicyclic) bond motifs is 1. The Balaban J connectivity index is 1.45. The number of halogens is 1. The molecular formula is C34H37FO4. The highest BCUT2D eigenvalue weighted by molar-refractivity contribution is 5.85. The van der Waals surface area contributed by atoms with E-state index >= 15 is 4.39 Å². The Morgan fingerprint density at radius 1 is 1.00 bits per heavy atom. The number of ether oxygens (including phenoxy) is 3. The maximum atomic E-state index is 15.1. The molecule has 0 heterocycles. The van der Waals surface area contributed by atoms with Crippen molar-refractivity contribution in [1.82, 2.24) is 0 Å². The van der Waals surface area contributed by atoms with Crippen LogP contribution in [-0.4, -0.2) is 20.2 Å². The van der Waals surface area contributed by atoms with E-state index in [1.54, 1.807) is 19.2 Å². The SMILES string of the molecule is COC(=O)[C@@H](C)[C@@H]1CCc2ccc(OCc3ccc(-c4cc(OC)ccc4F)c(C4=CCCC4(C)C)c3)cc21. The summed E-state index contributed by atoms with van der Waals surface area (Å²) in [6, 6.07) is 17.2. The number of carbonyl (C=O) groups is 1. The van der Waals surface area contributed by atoms with Crippen LogP contribution < -0.4 is 9.47 Å². The topological polar surface area (TPSA) is 44.8 Å². The van der Waals surface area contributed by atoms with Gasteiger partial charge < -0.3 is 14.2 Å². The number of allylic oxidation sites excluding steroid dienone is 2. The van der Waals surface area contributed by atoms with Crippen LogP contribution in [0.1, 0.15) is 68.2 Å². The molecule has 3 aromatic rings. The summed E-state index contributed by atoms with van der Waals surface area (Å²) in [7, 11) is 3.04. The van der Waals surface area contributed by atoms with E-state index in [0.29, 0.717) is 17.9 Å². The zero-order valence-corrected chi connectivity index (χ0v) is 23.5. The quantitative estimate of drug-likeness (QED) is 0.277. The monoisotopic (exact) mass is 528 g/mol. The molecule has 0 amide bonds. The molecule has 0 saturated carbocycles. The average Bonchev–Trinajstić information content (AvgIpc) is 3.53. The summed E-state index contributed by atoms with van der Waals surface area (Å²) in [4.78, 5) is 12.2. The molecule has 0 N–H and O–H groups in total. The van der Waals surface area contributed by atoms with Crippen LogP contribution in [0, 0.1) is 17.2 Å². The molecule has 4 nitrogen and oxygen atoms in total. The molecule has 0 aliphatic heterocycles. The summed E-state index contributed by atoms with van der Waals surface area (Å²) in [5, 5.41) is 0. The van der Waals surface area contributed by atoms with Gasteiger partial charge in [0.25, 0.3) is 0 Å². The van der Waals surface area contributed by atoms with Crippen molar-refractivity contribution < 1.29 is 23.4 Å². The number of esters is 1. The predicted molar refractivity (Wildman–Crippen MR) is 152 cm³/mol. The van der Waals surface area contributed by atoms with Crippen molar-refractivity contribution in [3.05, 3.63) is 88.7 Å². The molecule has 5 rings (SSSR count). The lowest BCUT2D eigenvalue weighted by Crippen LogP contribution is -2.19. The van der Waals surface area contributed by atoms with Crippen molar-refractivity contribution in [1.29, 1.82) is 0 Å². The van der Waals surface area contributed by atoms with Crippen LogP contribution in [0.15, 0.2) is 60.7 Å². The number of benzene rings is 3. The second kappa shape index (κ2) is 10.9. The Labute approximate surface area is 230 Å². The minimum Gasteiger partial charge on any atom is -0.497 e. The van der Waals surface area contributed by atoms with Gasteiger partial charge >= 0.3 is 5.97 Å². The second-order valence-corrected chi connectivity index (χ2v) is 11.4. The standard InChI is InChI=1S/C34H37FO4/c1-21(33(36)38-5)26-14-10-23-9-11-25(19-28(23)26)39-20-22-8-13-27(30-18-24(37-4)12-15-32(30)35)29(17-22)31-7-6-16-34(31,2)3/h7-9,11-13,15,17-19,21,26H,6,10,14,16,20H2,1-5H3/t21-,26-/m0/s1. The number of hydrogen-bond donors (Lipinski definition) is 0. The minimum atomic E-state index is -0.272. The van der Waals surface area contributed by atoms with Gasteiger partial charge in [0.15, 0.2) is 0 Å². The second-order valence-electron chi connectivity index (χ2n) is 11.4. The number of carbonyl (C=O) groups excluding carboxylic acids is 1. The van der Waals surface area contributed by atoms with Gasteiger partial charge in [-0.2, -0.15) is 0 Å². The lowest BCUT2D eigenvalue weighted by Gasteiger charge is -2.25. The van der Waals surface area contributed by atoms with E-state index in [0.717, 1.165) is 48.1 Å². The van der Waals surface area contributed by atoms with E-state index in [1.165, 1.54) is 29.9 Å². The molecule has 2 aliphatic rings. The molecule has 2 atom stereocenters. The third kappa shape index (κ3) is 5.32. The molecule has 0 radical (unpaired) electrons. The smallest absolute Gasteiger partial charge is 0.308 e. The summed E-state index contributed by atoms with van der Waals surface area (Å²) in [6.07, 6.45) is 6.24. The minimum absolute atomic E-state index is 0.00506. The van der Waals surface area contributed by atoms with E-state index in [9.17, 15) is 4.79 Å². The van der Waals surface area contributed by atoms with Crippen LogP contribution in [0.2, 0.25) is 0 Å². The first-order valence-corrected chi connectivity index (χ1v) is 13.7. The van der Waals surface area contributed by atoms with Gasteiger partial charge in [-0.15, -0.1) is 0 Å². The van der Waals surface area contributed by atoms with Gasteiger partial charge in [0.05, 0.1) is 20.1 Å². The van der Waals surface area contributed by atoms with Crippen LogP contribution >= 0.6 is 0 Å². The van der Waals surface area contributed by atoms with Crippen LogP contribution in [0.25, 0.3) is 16.7 Å². The van der Waals surface area contributed by atoms with Crippen molar-refractivity contribution in [2.24, 2.45) is 11.3 Å². The third-order valence-electron chi connectivity index (χ3n) is 8.51. The lowest BCUT2D eigenvalue weighted by molar-refractivity contribution is -0.145. The number of hydrogen-bond acceptors (Lipinski definition) is 4. The van der Waals surface area contributed by atoms with E-state index < -0.39 is 0 Å². The molecule has 0 saturated heterocycles. The van der Waals surface area contributed by atoms with Crippen molar-refractivity contribution in [3.63, 3.8) is 0 Å². The maximum absolute atomic E-state index is 15.1. The first-order valence-electron chi connectivity index (χ1n) is 13.7. The van der Waals surface area contributed by atoms with E-state index in [4.69, 9.17) is 14.2 Å². The molecule has 0 bridgehead atoms. The molecule has 204 valence electrons. The fourth-order valence-corrected chi connectivity index (χ4v) is 6.18. The van der Waals surface area contributed by atoms with E-state index in [2.05, 4.69) is 38.1 Å². The Morgan fingerprint density at radius 3 is 2.51 bits per heavy atom. The number of methoxy groups -OCH3 is 2. The van der Waals surface area contributed by atoms with Crippen LogP contribution in [0.5, 0.6) is 11.5 Å². The Morgan fingerprint density at radius 2 is 1.79 bits per heavy atom. The van der Waals surface area contributed by atoms with Gasteiger partial charge in [0.1, 0.15) is 23.9 Å². The summed E-state index contributed by atoms with van der Waals surface area (Å²) >= 11 is 0. The Hall–Kier alpha value is -3.60. The van der Waals surface area contributed by atoms with Crippen molar-refractivity contribution in [3.8, 4) is 22.6 Å². The molecular weight excluding hydrogens is 491 g/mol. The summed E-state index contributed by atoms with van der Waals surface area (Å²) < 4.78 is 31.7. The lowest BCUT2D eigenvalue weighted by atomic mass is 9.79. The average molecular weight is 529 g/mol. The fourth-order valence-electron chi connectivity index (χ4n) is 6.18. The van der Waals surface area contributed by atoms with Crippen molar-refractivity contribution in [2.75, 3.05) is 14.2 Å². The summed E-state index contributed by atoms with van der Waals surface area (Å²) in [5.41, 5.74) is 7.11. The van der Waals surface area contributed by atoms with E-state index in [-0.39, 0.29) is 29.0 Å². The molecule has 0 spiro atoms. The van der Waals surface area contributed by atoms with Crippen LogP contribution in [0.4, 0.5) is 4.39 Å². The zero-order chi connectivity index (χ0) is 27.7. The molecule has 0 aromatic heterocycles. The van der Waals surface area contributed by atoms with Gasteiger partial charge in [0.2, 0.25) is 0 Å². The van der Waals surface area contributed by atoms with Crippen molar-refractivity contribution >= 4 is 11.5 Å². The van der Waals surface area contributed by atoms with Gasteiger partial charge in [-0.3, -0.25) is 4.79 Å². The summed E-state index contributed by atoms with van der Waals surface area (Å²) in [6.45, 7) is 6.82. The number of rotatable bonds is 8. The highest BCUT2D eigenvalue weighted by atomic mass is 19.1. The fraction of sp³-hybridized carbons (Fsp3) is 0.382. The molecule has 3 aromatic carbocycles. The largest absolute Gasteiger partial charge is 0.497 e. The number of aryl methyl sites for hydroxylation is 1.